The number of aliphatic hydroxyl groups excluding tert-OH is 1. The van der Waals surface area contributed by atoms with Crippen molar-refractivity contribution in [2.45, 2.75) is 0 Å². The third-order valence-electron chi connectivity index (χ3n) is 1.69. The highest BCUT2D eigenvalue weighted by Crippen LogP contribution is 2.05. The molecule has 1 aromatic carbocycles. The van der Waals surface area contributed by atoms with Crippen LogP contribution in [0.2, 0.25) is 0 Å². The van der Waals surface area contributed by atoms with Crippen molar-refractivity contribution in [2.24, 2.45) is 0 Å². The molecule has 0 fully saturated rings. The second-order valence-corrected chi connectivity index (χ2v) is 2.74. The smallest absolute Gasteiger partial charge is 0.338 e. The molecule has 0 aliphatic heterocycles. The normalized spacial score (nSPS) is 7.48. The summed E-state index contributed by atoms with van der Waals surface area (Å²) in [4.78, 5) is 21.7. The van der Waals surface area contributed by atoms with Gasteiger partial charge >= 0.3 is 11.9 Å². The summed E-state index contributed by atoms with van der Waals surface area (Å²) in [7, 11) is 0. The van der Waals surface area contributed by atoms with E-state index in [2.05, 4.69) is 44.2 Å². The number of hydrogen-bond acceptors (Lipinski definition) is 4. The van der Waals surface area contributed by atoms with Crippen LogP contribution in [0.3, 0.4) is 0 Å². The number of carboxylic acids is 1. The van der Waals surface area contributed by atoms with Gasteiger partial charge in [0, 0.05) is 0 Å². The highest BCUT2D eigenvalue weighted by molar-refractivity contribution is 5.92. The summed E-state index contributed by atoms with van der Waals surface area (Å²) in [6, 6.07) is 5.36. The first-order valence-corrected chi connectivity index (χ1v) is 5.76. The summed E-state index contributed by atoms with van der Waals surface area (Å²) in [6.45, 7) is 17.7. The van der Waals surface area contributed by atoms with Crippen molar-refractivity contribution < 1.29 is 24.5 Å². The molecule has 2 N–H and O–H groups in total. The number of carbonyl (C=O) groups excluding carboxylic acids is 1. The van der Waals surface area contributed by atoms with Crippen LogP contribution in [-0.2, 0) is 4.74 Å². The molecule has 1 aromatic rings. The number of esters is 1. The lowest BCUT2D eigenvalue weighted by Gasteiger charge is -2.02. The van der Waals surface area contributed by atoms with Gasteiger partial charge in [-0.25, -0.2) is 9.59 Å². The van der Waals surface area contributed by atoms with Gasteiger partial charge in [-0.1, -0.05) is 0 Å². The lowest BCUT2D eigenvalue weighted by Crippen LogP contribution is -2.09. The molecule has 1 rings (SSSR count). The SMILES string of the molecule is C=C.C=C.C=C.O=C(O)c1ccc(C(=O)OCCO)cc1. The third-order valence-corrected chi connectivity index (χ3v) is 1.69. The standard InChI is InChI=1S/C10H10O5.3C2H4/c11-5-6-15-10(14)8-3-1-7(2-4-8)9(12)13;3*1-2/h1-4,11H,5-6H2,(H,12,13);3*1-2H2. The zero-order valence-corrected chi connectivity index (χ0v) is 12.1. The summed E-state index contributed by atoms with van der Waals surface area (Å²) in [5.74, 6) is -1.63. The number of hydrogen-bond donors (Lipinski definition) is 2. The summed E-state index contributed by atoms with van der Waals surface area (Å²) in [6.07, 6.45) is 0. The minimum absolute atomic E-state index is 0.0699. The van der Waals surface area contributed by atoms with E-state index >= 15 is 0 Å². The van der Waals surface area contributed by atoms with Gasteiger partial charge in [0.25, 0.3) is 0 Å². The van der Waals surface area contributed by atoms with Gasteiger partial charge in [0.05, 0.1) is 17.7 Å². The zero-order valence-electron chi connectivity index (χ0n) is 12.1. The van der Waals surface area contributed by atoms with Gasteiger partial charge in [0.2, 0.25) is 0 Å². The van der Waals surface area contributed by atoms with Gasteiger partial charge < -0.3 is 14.9 Å². The Kier molecular flexibility index (Phi) is 19.3. The van der Waals surface area contributed by atoms with Crippen LogP contribution in [0.15, 0.2) is 63.7 Å². The number of rotatable bonds is 4. The average molecular weight is 294 g/mol. The molecule has 0 aromatic heterocycles. The Morgan fingerprint density at radius 3 is 1.62 bits per heavy atom. The molecule has 0 atom stereocenters. The number of benzene rings is 1. The lowest BCUT2D eigenvalue weighted by molar-refractivity contribution is 0.0433. The quantitative estimate of drug-likeness (QED) is 0.659. The molecule has 0 heterocycles. The van der Waals surface area contributed by atoms with Crippen molar-refractivity contribution in [1.29, 1.82) is 0 Å². The van der Waals surface area contributed by atoms with E-state index in [-0.39, 0.29) is 24.3 Å². The van der Waals surface area contributed by atoms with E-state index in [0.29, 0.717) is 0 Å². The topological polar surface area (TPSA) is 83.8 Å². The molecule has 21 heavy (non-hydrogen) atoms. The van der Waals surface area contributed by atoms with Crippen molar-refractivity contribution in [2.75, 3.05) is 13.2 Å². The predicted octanol–water partition coefficient (Wildman–Crippen LogP) is 2.94. The van der Waals surface area contributed by atoms with Crippen LogP contribution >= 0.6 is 0 Å². The van der Waals surface area contributed by atoms with E-state index in [0.717, 1.165) is 0 Å². The van der Waals surface area contributed by atoms with Gasteiger partial charge in [0.1, 0.15) is 6.61 Å². The second-order valence-electron chi connectivity index (χ2n) is 2.74. The Morgan fingerprint density at radius 1 is 0.905 bits per heavy atom. The Morgan fingerprint density at radius 2 is 1.29 bits per heavy atom. The van der Waals surface area contributed by atoms with E-state index < -0.39 is 11.9 Å². The number of aliphatic hydroxyl groups is 1. The molecule has 0 saturated heterocycles. The Balaban J connectivity index is -0.000000478. The number of ether oxygens (including phenoxy) is 1. The highest BCUT2D eigenvalue weighted by atomic mass is 16.5. The van der Waals surface area contributed by atoms with Crippen molar-refractivity contribution >= 4 is 11.9 Å². The maximum absolute atomic E-state index is 11.2. The van der Waals surface area contributed by atoms with Crippen LogP contribution in [0.4, 0.5) is 0 Å². The first-order chi connectivity index (χ1) is 10.1. The maximum Gasteiger partial charge on any atom is 0.338 e. The van der Waals surface area contributed by atoms with Crippen molar-refractivity contribution in [3.8, 4) is 0 Å². The van der Waals surface area contributed by atoms with E-state index in [9.17, 15) is 9.59 Å². The summed E-state index contributed by atoms with van der Waals surface area (Å²) in [5.41, 5.74) is 0.363. The van der Waals surface area contributed by atoms with Crippen LogP contribution in [0.5, 0.6) is 0 Å². The predicted molar refractivity (Wildman–Crippen MR) is 84.5 cm³/mol. The summed E-state index contributed by atoms with van der Waals surface area (Å²) in [5, 5.41) is 17.0. The minimum atomic E-state index is -1.05. The molecule has 0 radical (unpaired) electrons. The first kappa shape index (κ1) is 23.4. The van der Waals surface area contributed by atoms with Gasteiger partial charge in [-0.05, 0) is 24.3 Å². The Labute approximate surface area is 125 Å². The Bertz CT molecular complexity index is 393. The number of carboxylic acid groups (broad SMARTS) is 1. The molecule has 0 saturated carbocycles. The van der Waals surface area contributed by atoms with E-state index in [1.165, 1.54) is 24.3 Å². The van der Waals surface area contributed by atoms with Gasteiger partial charge in [-0.3, -0.25) is 0 Å². The highest BCUT2D eigenvalue weighted by Gasteiger charge is 2.08. The molecule has 5 nitrogen and oxygen atoms in total. The molecule has 0 spiro atoms. The van der Waals surface area contributed by atoms with Gasteiger partial charge in [-0.2, -0.15) is 0 Å². The molecule has 0 bridgehead atoms. The summed E-state index contributed by atoms with van der Waals surface area (Å²) < 4.78 is 4.64. The van der Waals surface area contributed by atoms with E-state index in [1.54, 1.807) is 0 Å². The van der Waals surface area contributed by atoms with E-state index in [1.807, 2.05) is 0 Å². The molecule has 116 valence electrons. The van der Waals surface area contributed by atoms with Crippen molar-refractivity contribution in [3.05, 3.63) is 74.9 Å². The number of carbonyl (C=O) groups is 2. The van der Waals surface area contributed by atoms with Gasteiger partial charge in [-0.15, -0.1) is 39.5 Å². The minimum Gasteiger partial charge on any atom is -0.478 e. The van der Waals surface area contributed by atoms with Crippen molar-refractivity contribution in [1.82, 2.24) is 0 Å². The summed E-state index contributed by atoms with van der Waals surface area (Å²) >= 11 is 0. The molecular weight excluding hydrogens is 272 g/mol. The molecule has 0 aliphatic rings. The molecule has 5 heteroatoms. The Hall–Kier alpha value is -2.66. The fraction of sp³-hybridized carbons (Fsp3) is 0.125. The van der Waals surface area contributed by atoms with Gasteiger partial charge in [0.15, 0.2) is 0 Å². The lowest BCUT2D eigenvalue weighted by atomic mass is 10.1. The molecule has 0 amide bonds. The maximum atomic E-state index is 11.2. The molecule has 0 unspecified atom stereocenters. The fourth-order valence-electron chi connectivity index (χ4n) is 0.971. The fourth-order valence-corrected chi connectivity index (χ4v) is 0.971. The zero-order chi connectivity index (χ0) is 17.3. The van der Waals surface area contributed by atoms with Crippen LogP contribution in [-0.4, -0.2) is 35.4 Å². The second kappa shape index (κ2) is 17.3. The first-order valence-electron chi connectivity index (χ1n) is 5.76. The van der Waals surface area contributed by atoms with Crippen LogP contribution < -0.4 is 0 Å². The average Bonchev–Trinajstić information content (AvgIpc) is 2.58. The molecule has 0 aliphatic carbocycles. The third kappa shape index (κ3) is 10.9. The van der Waals surface area contributed by atoms with Crippen LogP contribution in [0, 0.1) is 0 Å². The monoisotopic (exact) mass is 294 g/mol. The largest absolute Gasteiger partial charge is 0.478 e. The molecular formula is C16H22O5. The van der Waals surface area contributed by atoms with Crippen LogP contribution in [0.1, 0.15) is 20.7 Å². The van der Waals surface area contributed by atoms with E-state index in [4.69, 9.17) is 10.2 Å². The number of aromatic carboxylic acids is 1. The van der Waals surface area contributed by atoms with Crippen molar-refractivity contribution in [3.63, 3.8) is 0 Å². The van der Waals surface area contributed by atoms with Crippen LogP contribution in [0.25, 0.3) is 0 Å².